The summed E-state index contributed by atoms with van der Waals surface area (Å²) in [5.74, 6) is 0.672. The van der Waals surface area contributed by atoms with Crippen molar-refractivity contribution in [3.8, 4) is 5.75 Å². The number of nitrogens with one attached hydrogen (secondary N) is 1. The third kappa shape index (κ3) is 3.67. The maximum atomic E-state index is 11.5. The van der Waals surface area contributed by atoms with Crippen molar-refractivity contribution in [1.82, 2.24) is 10.3 Å². The van der Waals surface area contributed by atoms with Crippen molar-refractivity contribution in [1.29, 1.82) is 0 Å². The molecular weight excluding hydrogens is 192 g/mol. The Labute approximate surface area is 89.7 Å². The number of carbonyl (C=O) groups is 1. The number of nitrogens with zero attached hydrogens (tertiary/aromatic N) is 1. The second-order valence-electron chi connectivity index (χ2n) is 3.21. The molecule has 15 heavy (non-hydrogen) atoms. The SMILES string of the molecule is CCCOc1cncc(C(=O)CNC)c1. The van der Waals surface area contributed by atoms with E-state index in [1.54, 1.807) is 25.5 Å². The van der Waals surface area contributed by atoms with Crippen LogP contribution < -0.4 is 10.1 Å². The molecular formula is C11H16N2O2. The van der Waals surface area contributed by atoms with Crippen LogP contribution in [0.2, 0.25) is 0 Å². The zero-order chi connectivity index (χ0) is 11.1. The smallest absolute Gasteiger partial charge is 0.178 e. The van der Waals surface area contributed by atoms with Gasteiger partial charge < -0.3 is 10.1 Å². The molecule has 0 bridgehead atoms. The minimum atomic E-state index is 0.0203. The van der Waals surface area contributed by atoms with Crippen molar-refractivity contribution in [2.75, 3.05) is 20.2 Å². The van der Waals surface area contributed by atoms with Crippen LogP contribution in [0.25, 0.3) is 0 Å². The van der Waals surface area contributed by atoms with Crippen LogP contribution in [-0.2, 0) is 0 Å². The van der Waals surface area contributed by atoms with Gasteiger partial charge in [-0.15, -0.1) is 0 Å². The van der Waals surface area contributed by atoms with E-state index in [1.807, 2.05) is 6.92 Å². The molecule has 1 aromatic heterocycles. The van der Waals surface area contributed by atoms with Crippen LogP contribution in [0.1, 0.15) is 23.7 Å². The Hall–Kier alpha value is -1.42. The topological polar surface area (TPSA) is 51.2 Å². The van der Waals surface area contributed by atoms with Gasteiger partial charge in [0.2, 0.25) is 0 Å². The van der Waals surface area contributed by atoms with Gasteiger partial charge in [0.1, 0.15) is 5.75 Å². The Bertz CT molecular complexity index is 326. The molecule has 4 nitrogen and oxygen atoms in total. The van der Waals surface area contributed by atoms with E-state index in [1.165, 1.54) is 0 Å². The molecule has 0 saturated heterocycles. The van der Waals surface area contributed by atoms with Crippen LogP contribution in [0.5, 0.6) is 5.75 Å². The standard InChI is InChI=1S/C11H16N2O2/c1-3-4-15-10-5-9(6-13-7-10)11(14)8-12-2/h5-7,12H,3-4,8H2,1-2H3. The predicted molar refractivity (Wildman–Crippen MR) is 58.3 cm³/mol. The van der Waals surface area contributed by atoms with Crippen molar-refractivity contribution in [3.05, 3.63) is 24.0 Å². The van der Waals surface area contributed by atoms with Crippen molar-refractivity contribution in [2.45, 2.75) is 13.3 Å². The summed E-state index contributed by atoms with van der Waals surface area (Å²) in [6.07, 6.45) is 4.11. The van der Waals surface area contributed by atoms with Gasteiger partial charge >= 0.3 is 0 Å². The molecule has 0 amide bonds. The molecule has 0 aliphatic rings. The minimum Gasteiger partial charge on any atom is -0.492 e. The van der Waals surface area contributed by atoms with E-state index in [4.69, 9.17) is 4.74 Å². The monoisotopic (exact) mass is 208 g/mol. The summed E-state index contributed by atoms with van der Waals surface area (Å²) in [6.45, 7) is 2.99. The first-order valence-corrected chi connectivity index (χ1v) is 5.03. The second-order valence-corrected chi connectivity index (χ2v) is 3.21. The van der Waals surface area contributed by atoms with Gasteiger partial charge in [-0.2, -0.15) is 0 Å². The van der Waals surface area contributed by atoms with Gasteiger partial charge in [0.05, 0.1) is 19.3 Å². The summed E-state index contributed by atoms with van der Waals surface area (Å²) in [4.78, 5) is 15.5. The number of Topliss-reactive ketones (excluding diaryl/α,β-unsaturated/α-hetero) is 1. The van der Waals surface area contributed by atoms with Crippen LogP contribution in [0, 0.1) is 0 Å². The fraction of sp³-hybridized carbons (Fsp3) is 0.455. The number of ketones is 1. The fourth-order valence-corrected chi connectivity index (χ4v) is 1.13. The predicted octanol–water partition coefficient (Wildman–Crippen LogP) is 1.27. The summed E-state index contributed by atoms with van der Waals surface area (Å²) in [6, 6.07) is 1.72. The van der Waals surface area contributed by atoms with E-state index in [0.717, 1.165) is 6.42 Å². The first kappa shape index (κ1) is 11.7. The highest BCUT2D eigenvalue weighted by Gasteiger charge is 2.06. The van der Waals surface area contributed by atoms with Crippen molar-refractivity contribution >= 4 is 5.78 Å². The van der Waals surface area contributed by atoms with Gasteiger partial charge in [0, 0.05) is 11.8 Å². The summed E-state index contributed by atoms with van der Waals surface area (Å²) in [5.41, 5.74) is 0.581. The van der Waals surface area contributed by atoms with Gasteiger partial charge in [-0.3, -0.25) is 9.78 Å². The highest BCUT2D eigenvalue weighted by Crippen LogP contribution is 2.11. The third-order valence-corrected chi connectivity index (χ3v) is 1.85. The Morgan fingerprint density at radius 2 is 2.33 bits per heavy atom. The number of carbonyl (C=O) groups excluding carboxylic acids is 1. The molecule has 1 heterocycles. The number of likely N-dealkylation sites (N-methyl/N-ethyl adjacent to an activating group) is 1. The quantitative estimate of drug-likeness (QED) is 0.715. The lowest BCUT2D eigenvalue weighted by Crippen LogP contribution is -2.18. The van der Waals surface area contributed by atoms with Crippen molar-refractivity contribution in [2.24, 2.45) is 0 Å². The van der Waals surface area contributed by atoms with E-state index in [0.29, 0.717) is 24.5 Å². The number of aromatic nitrogens is 1. The summed E-state index contributed by atoms with van der Waals surface area (Å²) in [5, 5.41) is 2.81. The van der Waals surface area contributed by atoms with Gasteiger partial charge in [0.25, 0.3) is 0 Å². The average Bonchev–Trinajstić information content (AvgIpc) is 2.27. The molecule has 0 saturated carbocycles. The van der Waals surface area contributed by atoms with Crippen molar-refractivity contribution in [3.63, 3.8) is 0 Å². The number of ether oxygens (including phenoxy) is 1. The molecule has 0 unspecified atom stereocenters. The molecule has 82 valence electrons. The summed E-state index contributed by atoms with van der Waals surface area (Å²) < 4.78 is 5.39. The fourth-order valence-electron chi connectivity index (χ4n) is 1.13. The Morgan fingerprint density at radius 3 is 3.00 bits per heavy atom. The number of hydrogen-bond acceptors (Lipinski definition) is 4. The maximum absolute atomic E-state index is 11.5. The normalized spacial score (nSPS) is 10.0. The van der Waals surface area contributed by atoms with Gasteiger partial charge in [0.15, 0.2) is 5.78 Å². The number of hydrogen-bond donors (Lipinski definition) is 1. The van der Waals surface area contributed by atoms with E-state index >= 15 is 0 Å². The molecule has 0 aliphatic carbocycles. The lowest BCUT2D eigenvalue weighted by atomic mass is 10.2. The summed E-state index contributed by atoms with van der Waals surface area (Å²) in [7, 11) is 1.74. The lowest BCUT2D eigenvalue weighted by Gasteiger charge is -2.05. The van der Waals surface area contributed by atoms with Crippen LogP contribution in [0.15, 0.2) is 18.5 Å². The first-order chi connectivity index (χ1) is 7.27. The second kappa shape index (κ2) is 6.14. The number of pyridine rings is 1. The van der Waals surface area contributed by atoms with Gasteiger partial charge in [-0.05, 0) is 19.5 Å². The first-order valence-electron chi connectivity index (χ1n) is 5.03. The maximum Gasteiger partial charge on any atom is 0.178 e. The molecule has 0 aromatic carbocycles. The van der Waals surface area contributed by atoms with Crippen LogP contribution in [-0.4, -0.2) is 31.0 Å². The van der Waals surface area contributed by atoms with E-state index in [-0.39, 0.29) is 5.78 Å². The molecule has 1 aromatic rings. The molecule has 0 radical (unpaired) electrons. The highest BCUT2D eigenvalue weighted by molar-refractivity contribution is 5.97. The van der Waals surface area contributed by atoms with Gasteiger partial charge in [-0.25, -0.2) is 0 Å². The van der Waals surface area contributed by atoms with Crippen molar-refractivity contribution < 1.29 is 9.53 Å². The highest BCUT2D eigenvalue weighted by atomic mass is 16.5. The molecule has 4 heteroatoms. The van der Waals surface area contributed by atoms with Crippen LogP contribution in [0.3, 0.4) is 0 Å². The lowest BCUT2D eigenvalue weighted by molar-refractivity contribution is 0.0992. The zero-order valence-corrected chi connectivity index (χ0v) is 9.12. The Balaban J connectivity index is 2.69. The third-order valence-electron chi connectivity index (χ3n) is 1.85. The number of rotatable bonds is 6. The minimum absolute atomic E-state index is 0.0203. The van der Waals surface area contributed by atoms with E-state index < -0.39 is 0 Å². The summed E-state index contributed by atoms with van der Waals surface area (Å²) >= 11 is 0. The van der Waals surface area contributed by atoms with Crippen LogP contribution >= 0.6 is 0 Å². The molecule has 0 fully saturated rings. The van der Waals surface area contributed by atoms with E-state index in [9.17, 15) is 4.79 Å². The molecule has 1 N–H and O–H groups in total. The van der Waals surface area contributed by atoms with Crippen LogP contribution in [0.4, 0.5) is 0 Å². The molecule has 0 aliphatic heterocycles. The average molecular weight is 208 g/mol. The van der Waals surface area contributed by atoms with Gasteiger partial charge in [-0.1, -0.05) is 6.92 Å². The zero-order valence-electron chi connectivity index (χ0n) is 9.12. The molecule has 0 spiro atoms. The molecule has 0 atom stereocenters. The largest absolute Gasteiger partial charge is 0.492 e. The Kier molecular flexibility index (Phi) is 4.77. The van der Waals surface area contributed by atoms with E-state index in [2.05, 4.69) is 10.3 Å². The Morgan fingerprint density at radius 1 is 1.53 bits per heavy atom. The molecule has 1 rings (SSSR count).